The lowest BCUT2D eigenvalue weighted by atomic mass is 10.4. The van der Waals surface area contributed by atoms with Crippen molar-refractivity contribution in [3.05, 3.63) is 5.89 Å². The van der Waals surface area contributed by atoms with Crippen molar-refractivity contribution in [2.75, 3.05) is 5.75 Å². The van der Waals surface area contributed by atoms with Gasteiger partial charge in [0.25, 0.3) is 5.22 Å². The number of hydrogen-bond donors (Lipinski definition) is 1. The van der Waals surface area contributed by atoms with Gasteiger partial charge in [-0.2, -0.15) is 0 Å². The molecule has 0 aromatic carbocycles. The second-order valence-electron chi connectivity index (χ2n) is 2.13. The molecule has 2 N–H and O–H groups in total. The van der Waals surface area contributed by atoms with E-state index in [0.717, 1.165) is 5.75 Å². The highest BCUT2D eigenvalue weighted by molar-refractivity contribution is 7.99. The summed E-state index contributed by atoms with van der Waals surface area (Å²) < 4.78 is 5.20. The first kappa shape index (κ1) is 8.55. The second-order valence-corrected chi connectivity index (χ2v) is 3.34. The summed E-state index contributed by atoms with van der Waals surface area (Å²) in [4.78, 5) is 0. The van der Waals surface area contributed by atoms with Crippen LogP contribution in [-0.2, 0) is 0 Å². The SMILES string of the molecule is CCSc1nnc(C(C)N)o1. The average Bonchev–Trinajstić information content (AvgIpc) is 2.37. The summed E-state index contributed by atoms with van der Waals surface area (Å²) in [6, 6.07) is -0.172. The van der Waals surface area contributed by atoms with Crippen molar-refractivity contribution < 1.29 is 4.42 Å². The first-order chi connectivity index (χ1) is 5.24. The van der Waals surface area contributed by atoms with Crippen molar-refractivity contribution in [3.63, 3.8) is 0 Å². The number of rotatable bonds is 3. The quantitative estimate of drug-likeness (QED) is 0.696. The fraction of sp³-hybridized carbons (Fsp3) is 0.667. The van der Waals surface area contributed by atoms with Crippen molar-refractivity contribution in [2.45, 2.75) is 25.1 Å². The molecule has 62 valence electrons. The van der Waals surface area contributed by atoms with E-state index in [0.29, 0.717) is 11.1 Å². The van der Waals surface area contributed by atoms with Crippen molar-refractivity contribution in [1.82, 2.24) is 10.2 Å². The maximum atomic E-state index is 5.52. The predicted octanol–water partition coefficient (Wildman–Crippen LogP) is 1.20. The fourth-order valence-electron chi connectivity index (χ4n) is 0.586. The molecule has 0 radical (unpaired) electrons. The zero-order valence-corrected chi connectivity index (χ0v) is 7.39. The maximum Gasteiger partial charge on any atom is 0.276 e. The van der Waals surface area contributed by atoms with Crippen molar-refractivity contribution >= 4 is 11.8 Å². The molecular weight excluding hydrogens is 162 g/mol. The van der Waals surface area contributed by atoms with Crippen LogP contribution in [-0.4, -0.2) is 16.0 Å². The van der Waals surface area contributed by atoms with Gasteiger partial charge in [0.15, 0.2) is 0 Å². The van der Waals surface area contributed by atoms with Crippen LogP contribution < -0.4 is 5.73 Å². The van der Waals surface area contributed by atoms with E-state index in [1.807, 2.05) is 13.8 Å². The van der Waals surface area contributed by atoms with E-state index in [1.165, 1.54) is 11.8 Å². The van der Waals surface area contributed by atoms with Crippen LogP contribution in [0.3, 0.4) is 0 Å². The van der Waals surface area contributed by atoms with Crippen LogP contribution in [0.2, 0.25) is 0 Å². The highest BCUT2D eigenvalue weighted by Gasteiger charge is 2.08. The zero-order valence-electron chi connectivity index (χ0n) is 6.57. The second kappa shape index (κ2) is 3.73. The number of thioether (sulfide) groups is 1. The Morgan fingerprint density at radius 2 is 2.36 bits per heavy atom. The molecule has 0 aliphatic carbocycles. The molecule has 1 unspecified atom stereocenters. The van der Waals surface area contributed by atoms with Crippen LogP contribution in [0.1, 0.15) is 25.8 Å². The zero-order chi connectivity index (χ0) is 8.27. The Kier molecular flexibility index (Phi) is 2.90. The Morgan fingerprint density at radius 1 is 1.64 bits per heavy atom. The van der Waals surface area contributed by atoms with Crippen molar-refractivity contribution in [2.24, 2.45) is 5.73 Å². The minimum absolute atomic E-state index is 0.172. The van der Waals surface area contributed by atoms with Crippen LogP contribution in [0.4, 0.5) is 0 Å². The van der Waals surface area contributed by atoms with Gasteiger partial charge in [-0.1, -0.05) is 18.7 Å². The molecule has 0 amide bonds. The van der Waals surface area contributed by atoms with Crippen LogP contribution in [0.5, 0.6) is 0 Å². The molecule has 1 atom stereocenters. The van der Waals surface area contributed by atoms with Crippen molar-refractivity contribution in [3.8, 4) is 0 Å². The van der Waals surface area contributed by atoms with E-state index < -0.39 is 0 Å². The van der Waals surface area contributed by atoms with Gasteiger partial charge in [-0.05, 0) is 12.7 Å². The number of nitrogens with two attached hydrogens (primary N) is 1. The normalized spacial score (nSPS) is 13.4. The molecule has 0 bridgehead atoms. The lowest BCUT2D eigenvalue weighted by Gasteiger charge is -1.93. The minimum atomic E-state index is -0.172. The molecule has 11 heavy (non-hydrogen) atoms. The van der Waals surface area contributed by atoms with Crippen LogP contribution in [0.15, 0.2) is 9.64 Å². The molecule has 0 spiro atoms. The molecule has 4 nitrogen and oxygen atoms in total. The Morgan fingerprint density at radius 3 is 2.82 bits per heavy atom. The molecule has 0 aliphatic rings. The predicted molar refractivity (Wildman–Crippen MR) is 43.3 cm³/mol. The summed E-state index contributed by atoms with van der Waals surface area (Å²) >= 11 is 1.52. The molecule has 0 saturated carbocycles. The number of hydrogen-bond acceptors (Lipinski definition) is 5. The smallest absolute Gasteiger partial charge is 0.276 e. The number of nitrogens with zero attached hydrogens (tertiary/aromatic N) is 2. The summed E-state index contributed by atoms with van der Waals surface area (Å²) in [6.07, 6.45) is 0. The molecule has 0 fully saturated rings. The van der Waals surface area contributed by atoms with Gasteiger partial charge in [0.05, 0.1) is 6.04 Å². The molecular formula is C6H11N3OS. The monoisotopic (exact) mass is 173 g/mol. The van der Waals surface area contributed by atoms with E-state index in [9.17, 15) is 0 Å². The summed E-state index contributed by atoms with van der Waals surface area (Å²) in [7, 11) is 0. The first-order valence-electron chi connectivity index (χ1n) is 3.45. The third-order valence-electron chi connectivity index (χ3n) is 1.08. The lowest BCUT2D eigenvalue weighted by Crippen LogP contribution is -2.04. The van der Waals surface area contributed by atoms with Gasteiger partial charge >= 0.3 is 0 Å². The van der Waals surface area contributed by atoms with Gasteiger partial charge in [-0.25, -0.2) is 0 Å². The maximum absolute atomic E-state index is 5.52. The highest BCUT2D eigenvalue weighted by Crippen LogP contribution is 2.17. The summed E-state index contributed by atoms with van der Waals surface area (Å²) in [5, 5.41) is 8.16. The van der Waals surface area contributed by atoms with Gasteiger partial charge < -0.3 is 10.2 Å². The molecule has 1 aromatic heterocycles. The van der Waals surface area contributed by atoms with Gasteiger partial charge in [0.2, 0.25) is 5.89 Å². The molecule has 1 aromatic rings. The first-order valence-corrected chi connectivity index (χ1v) is 4.44. The van der Waals surface area contributed by atoms with E-state index in [4.69, 9.17) is 10.2 Å². The summed E-state index contributed by atoms with van der Waals surface area (Å²) in [6.45, 7) is 3.84. The third kappa shape index (κ3) is 2.20. The van der Waals surface area contributed by atoms with Crippen molar-refractivity contribution in [1.29, 1.82) is 0 Å². The third-order valence-corrected chi connectivity index (χ3v) is 1.78. The summed E-state index contributed by atoms with van der Waals surface area (Å²) in [5.41, 5.74) is 5.52. The summed E-state index contributed by atoms with van der Waals surface area (Å²) in [5.74, 6) is 1.43. The van der Waals surface area contributed by atoms with Crippen LogP contribution in [0, 0.1) is 0 Å². The molecule has 1 heterocycles. The Bertz CT molecular complexity index is 223. The van der Waals surface area contributed by atoms with Gasteiger partial charge in [0.1, 0.15) is 0 Å². The van der Waals surface area contributed by atoms with Crippen LogP contribution >= 0.6 is 11.8 Å². The Balaban J connectivity index is 2.66. The van der Waals surface area contributed by atoms with Gasteiger partial charge in [-0.15, -0.1) is 10.2 Å². The molecule has 1 rings (SSSR count). The average molecular weight is 173 g/mol. The largest absolute Gasteiger partial charge is 0.414 e. The standard InChI is InChI=1S/C6H11N3OS/c1-3-11-6-9-8-5(10-6)4(2)7/h4H,3,7H2,1-2H3. The Labute approximate surface area is 69.6 Å². The highest BCUT2D eigenvalue weighted by atomic mass is 32.2. The van der Waals surface area contributed by atoms with E-state index in [2.05, 4.69) is 10.2 Å². The topological polar surface area (TPSA) is 64.9 Å². The Hall–Kier alpha value is -0.550. The van der Waals surface area contributed by atoms with Gasteiger partial charge in [0, 0.05) is 0 Å². The molecule has 5 heteroatoms. The molecule has 0 saturated heterocycles. The fourth-order valence-corrected chi connectivity index (χ4v) is 1.08. The van der Waals surface area contributed by atoms with Gasteiger partial charge in [-0.3, -0.25) is 0 Å². The number of aromatic nitrogens is 2. The van der Waals surface area contributed by atoms with E-state index >= 15 is 0 Å². The molecule has 0 aliphatic heterocycles. The van der Waals surface area contributed by atoms with E-state index in [-0.39, 0.29) is 6.04 Å². The van der Waals surface area contributed by atoms with Crippen LogP contribution in [0.25, 0.3) is 0 Å². The minimum Gasteiger partial charge on any atom is -0.414 e. The lowest BCUT2D eigenvalue weighted by molar-refractivity contribution is 0.394. The van der Waals surface area contributed by atoms with E-state index in [1.54, 1.807) is 0 Å².